The van der Waals surface area contributed by atoms with E-state index in [9.17, 15) is 17.2 Å². The third kappa shape index (κ3) is 5.45. The van der Waals surface area contributed by atoms with E-state index in [-0.39, 0.29) is 35.7 Å². The molecule has 0 radical (unpaired) electrons. The van der Waals surface area contributed by atoms with E-state index in [1.807, 2.05) is 6.07 Å². The monoisotopic (exact) mass is 516 g/mol. The van der Waals surface area contributed by atoms with Gasteiger partial charge in [0.1, 0.15) is 12.4 Å². The fourth-order valence-electron chi connectivity index (χ4n) is 5.14. The number of nitrogens with one attached hydrogen (secondary N) is 1. The van der Waals surface area contributed by atoms with E-state index >= 15 is 0 Å². The number of hydrogen-bond donors (Lipinski definition) is 1. The molecule has 2 unspecified atom stereocenters. The minimum Gasteiger partial charge on any atom is -0.489 e. The number of hydrogen-bond acceptors (Lipinski definition) is 5. The number of imidazole rings is 1. The SMILES string of the molecule is Cn1cnc(S(=O)(=O)NCCOc2cc3c(cc2F)CC(CN2CCC2)C3Cc2cccc(F)c2)c1. The Morgan fingerprint density at radius 1 is 1.19 bits per heavy atom. The third-order valence-corrected chi connectivity index (χ3v) is 8.38. The van der Waals surface area contributed by atoms with Gasteiger partial charge in [0.15, 0.2) is 16.6 Å². The molecule has 0 saturated carbocycles. The number of benzene rings is 2. The van der Waals surface area contributed by atoms with Crippen molar-refractivity contribution in [3.05, 3.63) is 77.2 Å². The molecule has 3 aromatic rings. The molecule has 1 saturated heterocycles. The van der Waals surface area contributed by atoms with Gasteiger partial charge in [-0.3, -0.25) is 0 Å². The largest absolute Gasteiger partial charge is 0.489 e. The van der Waals surface area contributed by atoms with Gasteiger partial charge in [-0.25, -0.2) is 26.9 Å². The van der Waals surface area contributed by atoms with Crippen molar-refractivity contribution in [2.75, 3.05) is 32.8 Å². The van der Waals surface area contributed by atoms with Crippen molar-refractivity contribution in [2.24, 2.45) is 13.0 Å². The molecule has 1 N–H and O–H groups in total. The van der Waals surface area contributed by atoms with Crippen molar-refractivity contribution >= 4 is 10.0 Å². The Bertz CT molecular complexity index is 1340. The normalized spacial score (nSPS) is 19.8. The topological polar surface area (TPSA) is 76.5 Å². The summed E-state index contributed by atoms with van der Waals surface area (Å²) in [6.07, 6.45) is 5.44. The number of fused-ring (bicyclic) bond motifs is 1. The highest BCUT2D eigenvalue weighted by molar-refractivity contribution is 7.89. The summed E-state index contributed by atoms with van der Waals surface area (Å²) >= 11 is 0. The van der Waals surface area contributed by atoms with E-state index in [1.165, 1.54) is 31.1 Å². The molecule has 1 fully saturated rings. The number of aryl methyl sites for hydroxylation is 1. The lowest BCUT2D eigenvalue weighted by Crippen LogP contribution is -2.41. The number of likely N-dealkylation sites (tertiary alicyclic amines) is 1. The Labute approximate surface area is 210 Å². The van der Waals surface area contributed by atoms with Crippen LogP contribution in [0.3, 0.4) is 0 Å². The van der Waals surface area contributed by atoms with Crippen molar-refractivity contribution in [3.63, 3.8) is 0 Å². The Balaban J connectivity index is 1.29. The number of ether oxygens (including phenoxy) is 1. The van der Waals surface area contributed by atoms with Crippen LogP contribution in [0.15, 0.2) is 53.9 Å². The highest BCUT2D eigenvalue weighted by atomic mass is 32.2. The number of halogens is 2. The maximum Gasteiger partial charge on any atom is 0.259 e. The predicted octanol–water partition coefficient (Wildman–Crippen LogP) is 3.26. The lowest BCUT2D eigenvalue weighted by Gasteiger charge is -2.35. The zero-order valence-electron chi connectivity index (χ0n) is 20.2. The Kier molecular flexibility index (Phi) is 7.09. The van der Waals surface area contributed by atoms with Crippen molar-refractivity contribution in [1.29, 1.82) is 0 Å². The summed E-state index contributed by atoms with van der Waals surface area (Å²) in [7, 11) is -2.09. The van der Waals surface area contributed by atoms with Crippen LogP contribution in [0, 0.1) is 17.6 Å². The fraction of sp³-hybridized carbons (Fsp3) is 0.423. The average Bonchev–Trinajstić information content (AvgIpc) is 3.38. The molecule has 7 nitrogen and oxygen atoms in total. The highest BCUT2D eigenvalue weighted by Gasteiger charge is 2.35. The van der Waals surface area contributed by atoms with Crippen LogP contribution in [0.25, 0.3) is 0 Å². The maximum absolute atomic E-state index is 14.9. The molecule has 1 aliphatic carbocycles. The van der Waals surface area contributed by atoms with Gasteiger partial charge in [-0.2, -0.15) is 0 Å². The van der Waals surface area contributed by atoms with Crippen LogP contribution in [0.4, 0.5) is 8.78 Å². The maximum atomic E-state index is 14.9. The Morgan fingerprint density at radius 2 is 2.03 bits per heavy atom. The molecule has 2 atom stereocenters. The Morgan fingerprint density at radius 3 is 2.72 bits per heavy atom. The van der Waals surface area contributed by atoms with Gasteiger partial charge in [-0.15, -0.1) is 0 Å². The lowest BCUT2D eigenvalue weighted by molar-refractivity contribution is 0.145. The van der Waals surface area contributed by atoms with Crippen LogP contribution in [0.2, 0.25) is 0 Å². The number of sulfonamides is 1. The third-order valence-electron chi connectivity index (χ3n) is 7.04. The minimum absolute atomic E-state index is 0.0280. The number of aromatic nitrogens is 2. The first kappa shape index (κ1) is 24.9. The first-order chi connectivity index (χ1) is 17.3. The first-order valence-electron chi connectivity index (χ1n) is 12.2. The number of rotatable bonds is 10. The highest BCUT2D eigenvalue weighted by Crippen LogP contribution is 2.43. The molecule has 2 aliphatic rings. The molecule has 0 amide bonds. The summed E-state index contributed by atoms with van der Waals surface area (Å²) in [5.74, 6) is -0.201. The summed E-state index contributed by atoms with van der Waals surface area (Å²) in [6.45, 7) is 3.03. The molecule has 2 heterocycles. The van der Waals surface area contributed by atoms with E-state index in [0.29, 0.717) is 12.3 Å². The molecule has 192 valence electrons. The second-order valence-corrected chi connectivity index (χ2v) is 11.4. The van der Waals surface area contributed by atoms with Crippen LogP contribution in [0.1, 0.15) is 29.0 Å². The molecule has 5 rings (SSSR count). The molecule has 10 heteroatoms. The molecule has 2 aromatic carbocycles. The van der Waals surface area contributed by atoms with Crippen LogP contribution < -0.4 is 9.46 Å². The summed E-state index contributed by atoms with van der Waals surface area (Å²) < 4.78 is 63.1. The molecular weight excluding hydrogens is 486 g/mol. The molecular formula is C26H30F2N4O3S. The van der Waals surface area contributed by atoms with Gasteiger partial charge in [0.25, 0.3) is 10.0 Å². The summed E-state index contributed by atoms with van der Waals surface area (Å²) in [4.78, 5) is 6.26. The summed E-state index contributed by atoms with van der Waals surface area (Å²) in [6, 6.07) is 9.93. The number of nitrogens with zero attached hydrogens (tertiary/aromatic N) is 3. The van der Waals surface area contributed by atoms with Gasteiger partial charge in [-0.1, -0.05) is 12.1 Å². The van der Waals surface area contributed by atoms with Gasteiger partial charge in [0.2, 0.25) is 0 Å². The first-order valence-corrected chi connectivity index (χ1v) is 13.7. The van der Waals surface area contributed by atoms with Gasteiger partial charge in [-0.05, 0) is 85.1 Å². The van der Waals surface area contributed by atoms with Crippen molar-refractivity contribution < 1.29 is 21.9 Å². The Hall–Kier alpha value is -2.82. The fourth-order valence-corrected chi connectivity index (χ4v) is 6.13. The van der Waals surface area contributed by atoms with Crippen LogP contribution in [-0.2, 0) is 29.9 Å². The van der Waals surface area contributed by atoms with Gasteiger partial charge in [0, 0.05) is 26.3 Å². The minimum atomic E-state index is -3.77. The molecule has 1 aromatic heterocycles. The summed E-state index contributed by atoms with van der Waals surface area (Å²) in [5.41, 5.74) is 2.90. The van der Waals surface area contributed by atoms with Crippen molar-refractivity contribution in [1.82, 2.24) is 19.2 Å². The zero-order valence-corrected chi connectivity index (χ0v) is 21.0. The van der Waals surface area contributed by atoms with Crippen molar-refractivity contribution in [2.45, 2.75) is 30.2 Å². The van der Waals surface area contributed by atoms with Crippen LogP contribution >= 0.6 is 0 Å². The quantitative estimate of drug-likeness (QED) is 0.419. The van der Waals surface area contributed by atoms with Crippen LogP contribution in [0.5, 0.6) is 5.75 Å². The van der Waals surface area contributed by atoms with E-state index in [0.717, 1.165) is 42.7 Å². The standard InChI is InChI=1S/C26H30F2N4O3S/c1-31-16-26(29-17-31)36(33,34)30-6-9-35-25-14-23-19(13-24(25)28)12-20(15-32-7-3-8-32)22(23)11-18-4-2-5-21(27)10-18/h2,4-5,10,13-14,16-17,20,22,30H,3,6-9,11-12,15H2,1H3. The van der Waals surface area contributed by atoms with Crippen LogP contribution in [-0.4, -0.2) is 55.7 Å². The van der Waals surface area contributed by atoms with E-state index in [4.69, 9.17) is 4.74 Å². The van der Waals surface area contributed by atoms with E-state index in [1.54, 1.807) is 29.8 Å². The van der Waals surface area contributed by atoms with E-state index < -0.39 is 15.8 Å². The van der Waals surface area contributed by atoms with Gasteiger partial charge >= 0.3 is 0 Å². The second kappa shape index (κ2) is 10.3. The molecule has 36 heavy (non-hydrogen) atoms. The van der Waals surface area contributed by atoms with Gasteiger partial charge in [0.05, 0.1) is 6.33 Å². The predicted molar refractivity (Wildman–Crippen MR) is 131 cm³/mol. The van der Waals surface area contributed by atoms with Crippen molar-refractivity contribution in [3.8, 4) is 5.75 Å². The van der Waals surface area contributed by atoms with E-state index in [2.05, 4.69) is 14.6 Å². The summed E-state index contributed by atoms with van der Waals surface area (Å²) in [5, 5.41) is -0.0813. The lowest BCUT2D eigenvalue weighted by atomic mass is 9.85. The molecule has 1 aliphatic heterocycles. The second-order valence-electron chi connectivity index (χ2n) is 9.66. The van der Waals surface area contributed by atoms with Gasteiger partial charge < -0.3 is 14.2 Å². The average molecular weight is 517 g/mol. The zero-order chi connectivity index (χ0) is 25.3. The smallest absolute Gasteiger partial charge is 0.259 e. The molecule has 0 bridgehead atoms. The molecule has 0 spiro atoms.